The van der Waals surface area contributed by atoms with Gasteiger partial charge in [-0.1, -0.05) is 47.8 Å². The predicted octanol–water partition coefficient (Wildman–Crippen LogP) is 4.91. The highest BCUT2D eigenvalue weighted by molar-refractivity contribution is 9.10. The van der Waals surface area contributed by atoms with Gasteiger partial charge in [-0.15, -0.1) is 0 Å². The van der Waals surface area contributed by atoms with E-state index in [-0.39, 0.29) is 0 Å². The van der Waals surface area contributed by atoms with E-state index in [9.17, 15) is 0 Å². The minimum atomic E-state index is 0.544. The topological polar surface area (TPSA) is 12.0 Å². The molecule has 18 heavy (non-hydrogen) atoms. The Labute approximate surface area is 119 Å². The molecule has 1 aromatic carbocycles. The molecule has 1 aliphatic carbocycles. The Morgan fingerprint density at radius 3 is 2.39 bits per heavy atom. The summed E-state index contributed by atoms with van der Waals surface area (Å²) in [5.41, 5.74) is 4.17. The van der Waals surface area contributed by atoms with E-state index in [1.807, 2.05) is 0 Å². The molecule has 1 nitrogen and oxygen atoms in total. The molecular formula is C16H24BrN. The number of rotatable bonds is 6. The molecule has 1 unspecified atom stereocenters. The Morgan fingerprint density at radius 1 is 1.28 bits per heavy atom. The zero-order valence-corrected chi connectivity index (χ0v) is 13.3. The quantitative estimate of drug-likeness (QED) is 0.787. The number of hydrogen-bond acceptors (Lipinski definition) is 1. The van der Waals surface area contributed by atoms with Gasteiger partial charge in [-0.25, -0.2) is 0 Å². The van der Waals surface area contributed by atoms with Gasteiger partial charge in [-0.2, -0.15) is 0 Å². The van der Waals surface area contributed by atoms with Crippen LogP contribution in [0.25, 0.3) is 0 Å². The summed E-state index contributed by atoms with van der Waals surface area (Å²) < 4.78 is 1.26. The van der Waals surface area contributed by atoms with Crippen LogP contribution in [0, 0.1) is 19.8 Å². The minimum Gasteiger partial charge on any atom is -0.310 e. The van der Waals surface area contributed by atoms with Gasteiger partial charge in [-0.3, -0.25) is 0 Å². The maximum absolute atomic E-state index is 3.72. The number of nitrogens with one attached hydrogen (secondary N) is 1. The van der Waals surface area contributed by atoms with Crippen molar-refractivity contribution < 1.29 is 0 Å². The molecule has 1 aliphatic rings. The Hall–Kier alpha value is -0.340. The molecule has 0 radical (unpaired) electrons. The summed E-state index contributed by atoms with van der Waals surface area (Å²) in [6, 6.07) is 5.22. The van der Waals surface area contributed by atoms with E-state index < -0.39 is 0 Å². The minimum absolute atomic E-state index is 0.544. The third kappa shape index (κ3) is 3.58. The van der Waals surface area contributed by atoms with Gasteiger partial charge in [0.15, 0.2) is 0 Å². The van der Waals surface area contributed by atoms with Crippen molar-refractivity contribution in [1.29, 1.82) is 0 Å². The van der Waals surface area contributed by atoms with Gasteiger partial charge in [0.1, 0.15) is 0 Å². The third-order valence-corrected chi connectivity index (χ3v) is 5.02. The fourth-order valence-corrected chi connectivity index (χ4v) is 2.75. The molecule has 1 fully saturated rings. The summed E-state index contributed by atoms with van der Waals surface area (Å²) in [5.74, 6) is 0.962. The molecule has 0 aromatic heterocycles. The zero-order valence-electron chi connectivity index (χ0n) is 11.7. The summed E-state index contributed by atoms with van der Waals surface area (Å²) >= 11 is 3.66. The number of aryl methyl sites for hydroxylation is 2. The smallest absolute Gasteiger partial charge is 0.0323 e. The van der Waals surface area contributed by atoms with Gasteiger partial charge in [0, 0.05) is 10.5 Å². The fraction of sp³-hybridized carbons (Fsp3) is 0.625. The maximum Gasteiger partial charge on any atom is 0.0323 e. The van der Waals surface area contributed by atoms with E-state index in [0.717, 1.165) is 12.5 Å². The maximum atomic E-state index is 3.72. The van der Waals surface area contributed by atoms with Crippen molar-refractivity contribution in [3.05, 3.63) is 33.3 Å². The van der Waals surface area contributed by atoms with E-state index >= 15 is 0 Å². The molecule has 0 bridgehead atoms. The van der Waals surface area contributed by atoms with Crippen LogP contribution in [0.2, 0.25) is 0 Å². The van der Waals surface area contributed by atoms with Gasteiger partial charge >= 0.3 is 0 Å². The second kappa shape index (κ2) is 6.21. The molecule has 0 amide bonds. The zero-order chi connectivity index (χ0) is 13.1. The highest BCUT2D eigenvalue weighted by atomic mass is 79.9. The molecule has 0 heterocycles. The number of hydrogen-bond donors (Lipinski definition) is 1. The van der Waals surface area contributed by atoms with E-state index in [2.05, 4.69) is 54.2 Å². The summed E-state index contributed by atoms with van der Waals surface area (Å²) in [6.45, 7) is 7.73. The Morgan fingerprint density at radius 2 is 1.89 bits per heavy atom. The van der Waals surface area contributed by atoms with Crippen molar-refractivity contribution in [3.8, 4) is 0 Å². The highest BCUT2D eigenvalue weighted by Crippen LogP contribution is 2.38. The Balaban J connectivity index is 2.17. The summed E-state index contributed by atoms with van der Waals surface area (Å²) in [4.78, 5) is 0. The Kier molecular flexibility index (Phi) is 4.85. The van der Waals surface area contributed by atoms with Crippen molar-refractivity contribution in [2.45, 2.75) is 52.5 Å². The van der Waals surface area contributed by atoms with E-state index in [0.29, 0.717) is 6.04 Å². The standard InChI is InChI=1S/C16H24BrN/c1-4-7-18-15(10-13-5-6-13)14-8-11(2)16(17)12(3)9-14/h8-9,13,15,18H,4-7,10H2,1-3H3. The average molecular weight is 310 g/mol. The Bertz CT molecular complexity index is 387. The van der Waals surface area contributed by atoms with Crippen LogP contribution in [0.4, 0.5) is 0 Å². The first kappa shape index (κ1) is 14.1. The second-order valence-electron chi connectivity index (χ2n) is 5.65. The van der Waals surface area contributed by atoms with Crippen LogP contribution in [0.1, 0.15) is 55.3 Å². The first-order chi connectivity index (χ1) is 8.61. The molecule has 0 spiro atoms. The normalized spacial score (nSPS) is 16.9. The molecule has 0 aliphatic heterocycles. The van der Waals surface area contributed by atoms with Crippen molar-refractivity contribution >= 4 is 15.9 Å². The number of halogens is 1. The van der Waals surface area contributed by atoms with Crippen LogP contribution in [-0.4, -0.2) is 6.54 Å². The van der Waals surface area contributed by atoms with Crippen LogP contribution < -0.4 is 5.32 Å². The van der Waals surface area contributed by atoms with Crippen molar-refractivity contribution in [2.75, 3.05) is 6.54 Å². The van der Waals surface area contributed by atoms with Crippen LogP contribution in [0.3, 0.4) is 0 Å². The molecule has 1 saturated carbocycles. The van der Waals surface area contributed by atoms with Crippen molar-refractivity contribution in [3.63, 3.8) is 0 Å². The summed E-state index contributed by atoms with van der Waals surface area (Å²) in [7, 11) is 0. The van der Waals surface area contributed by atoms with Gasteiger partial charge < -0.3 is 5.32 Å². The fourth-order valence-electron chi connectivity index (χ4n) is 2.52. The number of benzene rings is 1. The van der Waals surface area contributed by atoms with E-state index in [4.69, 9.17) is 0 Å². The highest BCUT2D eigenvalue weighted by Gasteiger charge is 2.26. The SMILES string of the molecule is CCCNC(CC1CC1)c1cc(C)c(Br)c(C)c1. The van der Waals surface area contributed by atoms with Crippen LogP contribution >= 0.6 is 15.9 Å². The summed E-state index contributed by atoms with van der Waals surface area (Å²) in [5, 5.41) is 3.72. The molecule has 1 atom stereocenters. The second-order valence-corrected chi connectivity index (χ2v) is 6.45. The van der Waals surface area contributed by atoms with E-state index in [1.54, 1.807) is 0 Å². The van der Waals surface area contributed by atoms with Gasteiger partial charge in [0.25, 0.3) is 0 Å². The van der Waals surface area contributed by atoms with Crippen LogP contribution in [-0.2, 0) is 0 Å². The van der Waals surface area contributed by atoms with Crippen molar-refractivity contribution in [1.82, 2.24) is 5.32 Å². The van der Waals surface area contributed by atoms with Crippen LogP contribution in [0.15, 0.2) is 16.6 Å². The lowest BCUT2D eigenvalue weighted by Gasteiger charge is -2.20. The first-order valence-corrected chi connectivity index (χ1v) is 7.91. The average Bonchev–Trinajstić information content (AvgIpc) is 3.14. The van der Waals surface area contributed by atoms with Crippen molar-refractivity contribution in [2.24, 2.45) is 5.92 Å². The largest absolute Gasteiger partial charge is 0.310 e. The lowest BCUT2D eigenvalue weighted by molar-refractivity contribution is 0.473. The predicted molar refractivity (Wildman–Crippen MR) is 82.0 cm³/mol. The molecule has 1 aromatic rings. The molecule has 100 valence electrons. The van der Waals surface area contributed by atoms with Gasteiger partial charge in [0.05, 0.1) is 0 Å². The van der Waals surface area contributed by atoms with Crippen LogP contribution in [0.5, 0.6) is 0 Å². The first-order valence-electron chi connectivity index (χ1n) is 7.11. The lowest BCUT2D eigenvalue weighted by atomic mass is 9.97. The third-order valence-electron chi connectivity index (χ3n) is 3.77. The lowest BCUT2D eigenvalue weighted by Crippen LogP contribution is -2.23. The molecular weight excluding hydrogens is 286 g/mol. The molecule has 1 N–H and O–H groups in total. The summed E-state index contributed by atoms with van der Waals surface area (Å²) in [6.07, 6.45) is 5.37. The van der Waals surface area contributed by atoms with Gasteiger partial charge in [-0.05, 0) is 55.8 Å². The van der Waals surface area contributed by atoms with Gasteiger partial charge in [0.2, 0.25) is 0 Å². The monoisotopic (exact) mass is 309 g/mol. The molecule has 2 heteroatoms. The van der Waals surface area contributed by atoms with E-state index in [1.165, 1.54) is 46.8 Å². The molecule has 2 rings (SSSR count). The molecule has 0 saturated heterocycles.